The second kappa shape index (κ2) is 12.4. The molecule has 40 heavy (non-hydrogen) atoms. The van der Waals surface area contributed by atoms with Crippen molar-refractivity contribution in [1.29, 1.82) is 0 Å². The Balaban J connectivity index is 1.74. The number of carbonyl (C=O) groups excluding carboxylic acids is 2. The Labute approximate surface area is 231 Å². The zero-order valence-electron chi connectivity index (χ0n) is 23.0. The van der Waals surface area contributed by atoms with Crippen molar-refractivity contribution in [2.24, 2.45) is 0 Å². The molecule has 2 amide bonds. The predicted molar refractivity (Wildman–Crippen MR) is 151 cm³/mol. The van der Waals surface area contributed by atoms with E-state index in [-0.39, 0.29) is 29.5 Å². The molecular formula is C29H32N4O7. The lowest BCUT2D eigenvalue weighted by atomic mass is 9.95. The monoisotopic (exact) mass is 548 g/mol. The first-order valence-corrected chi connectivity index (χ1v) is 12.6. The van der Waals surface area contributed by atoms with E-state index in [1.54, 1.807) is 38.5 Å². The molecule has 210 valence electrons. The molecule has 11 nitrogen and oxygen atoms in total. The molecule has 11 heteroatoms. The summed E-state index contributed by atoms with van der Waals surface area (Å²) < 4.78 is 22.0. The van der Waals surface area contributed by atoms with Crippen LogP contribution in [0.3, 0.4) is 0 Å². The van der Waals surface area contributed by atoms with Crippen LogP contribution in [-0.2, 0) is 16.0 Å². The summed E-state index contributed by atoms with van der Waals surface area (Å²) in [6, 6.07) is 9.66. The predicted octanol–water partition coefficient (Wildman–Crippen LogP) is 3.32. The van der Waals surface area contributed by atoms with Crippen LogP contribution in [0, 0.1) is 0 Å². The van der Waals surface area contributed by atoms with E-state index in [0.29, 0.717) is 52.8 Å². The molecule has 2 aromatic carbocycles. The van der Waals surface area contributed by atoms with Gasteiger partial charge in [0.2, 0.25) is 28.9 Å². The minimum Gasteiger partial charge on any atom is -0.493 e. The molecule has 0 radical (unpaired) electrons. The summed E-state index contributed by atoms with van der Waals surface area (Å²) in [6.07, 6.45) is 2.61. The highest BCUT2D eigenvalue weighted by Crippen LogP contribution is 2.50. The van der Waals surface area contributed by atoms with Gasteiger partial charge in [-0.05, 0) is 53.8 Å². The van der Waals surface area contributed by atoms with Gasteiger partial charge in [0.15, 0.2) is 11.5 Å². The molecule has 4 rings (SSSR count). The molecule has 1 unspecified atom stereocenters. The van der Waals surface area contributed by atoms with Crippen LogP contribution in [0.15, 0.2) is 47.4 Å². The van der Waals surface area contributed by atoms with Gasteiger partial charge in [-0.1, -0.05) is 6.07 Å². The molecular weight excluding hydrogens is 516 g/mol. The van der Waals surface area contributed by atoms with E-state index >= 15 is 0 Å². The van der Waals surface area contributed by atoms with E-state index in [0.717, 1.165) is 11.1 Å². The van der Waals surface area contributed by atoms with Gasteiger partial charge in [-0.2, -0.15) is 0 Å². The Bertz CT molecular complexity index is 1470. The number of pyridine rings is 1. The van der Waals surface area contributed by atoms with Gasteiger partial charge in [-0.3, -0.25) is 14.4 Å². The largest absolute Gasteiger partial charge is 0.493 e. The van der Waals surface area contributed by atoms with Gasteiger partial charge in [-0.25, -0.2) is 4.98 Å². The number of nitrogens with zero attached hydrogens (tertiary/aromatic N) is 1. The molecule has 0 aliphatic heterocycles. The van der Waals surface area contributed by atoms with Crippen molar-refractivity contribution >= 4 is 23.2 Å². The van der Waals surface area contributed by atoms with E-state index in [1.165, 1.54) is 33.4 Å². The maximum Gasteiger partial charge on any atom is 0.243 e. The van der Waals surface area contributed by atoms with Crippen molar-refractivity contribution in [2.75, 3.05) is 45.6 Å². The highest BCUT2D eigenvalue weighted by molar-refractivity contribution is 5.93. The first-order valence-electron chi connectivity index (χ1n) is 12.6. The van der Waals surface area contributed by atoms with E-state index < -0.39 is 6.04 Å². The normalized spacial score (nSPS) is 13.6. The first-order chi connectivity index (χ1) is 19.3. The fourth-order valence-corrected chi connectivity index (χ4v) is 4.81. The smallest absolute Gasteiger partial charge is 0.243 e. The SMILES string of the molecule is COc1ccc(NC(=O)CNc2ccc3c(cc2=O)C(NC(C)=O)CCc2cc(OC)c(OC)c(OC)c2-3)cn1. The maximum atomic E-state index is 13.4. The van der Waals surface area contributed by atoms with Crippen LogP contribution in [0.25, 0.3) is 11.1 Å². The number of ether oxygens (including phenoxy) is 4. The summed E-state index contributed by atoms with van der Waals surface area (Å²) in [6.45, 7) is 1.28. The van der Waals surface area contributed by atoms with Crippen LogP contribution >= 0.6 is 0 Å². The van der Waals surface area contributed by atoms with Gasteiger partial charge in [0.05, 0.1) is 58.6 Å². The van der Waals surface area contributed by atoms with Gasteiger partial charge < -0.3 is 34.9 Å². The average Bonchev–Trinajstić information content (AvgIpc) is 3.19. The van der Waals surface area contributed by atoms with Crippen LogP contribution in [0.5, 0.6) is 23.1 Å². The summed E-state index contributed by atoms with van der Waals surface area (Å²) in [4.78, 5) is 42.1. The number of nitrogens with one attached hydrogen (secondary N) is 3. The molecule has 1 atom stereocenters. The van der Waals surface area contributed by atoms with Crippen molar-refractivity contribution in [3.05, 3.63) is 63.9 Å². The Kier molecular flexibility index (Phi) is 8.73. The number of carbonyl (C=O) groups is 2. The van der Waals surface area contributed by atoms with Gasteiger partial charge in [0.1, 0.15) is 0 Å². The number of methoxy groups -OCH3 is 4. The molecule has 3 aromatic rings. The fraction of sp³-hybridized carbons (Fsp3) is 0.310. The number of fused-ring (bicyclic) bond motifs is 3. The van der Waals surface area contributed by atoms with Gasteiger partial charge in [0.25, 0.3) is 0 Å². The number of aromatic nitrogens is 1. The van der Waals surface area contributed by atoms with Gasteiger partial charge >= 0.3 is 0 Å². The summed E-state index contributed by atoms with van der Waals surface area (Å²) in [5.41, 5.74) is 3.37. The summed E-state index contributed by atoms with van der Waals surface area (Å²) in [5.74, 6) is 1.25. The Hall–Kier alpha value is -4.80. The second-order valence-corrected chi connectivity index (χ2v) is 9.09. The first kappa shape index (κ1) is 28.2. The number of amides is 2. The van der Waals surface area contributed by atoms with Crippen LogP contribution in [0.2, 0.25) is 0 Å². The third-order valence-electron chi connectivity index (χ3n) is 6.58. The number of rotatable bonds is 9. The third kappa shape index (κ3) is 5.93. The molecule has 0 saturated carbocycles. The van der Waals surface area contributed by atoms with Crippen molar-refractivity contribution < 1.29 is 28.5 Å². The van der Waals surface area contributed by atoms with E-state index in [9.17, 15) is 14.4 Å². The Morgan fingerprint density at radius 3 is 2.38 bits per heavy atom. The molecule has 0 bridgehead atoms. The van der Waals surface area contributed by atoms with E-state index in [1.807, 2.05) is 6.07 Å². The molecule has 0 saturated heterocycles. The minimum absolute atomic E-state index is 0.157. The number of hydrogen-bond acceptors (Lipinski definition) is 9. The van der Waals surface area contributed by atoms with Crippen LogP contribution < -0.4 is 40.3 Å². The van der Waals surface area contributed by atoms with Crippen molar-refractivity contribution in [3.8, 4) is 34.3 Å². The lowest BCUT2D eigenvalue weighted by Gasteiger charge is -2.19. The highest BCUT2D eigenvalue weighted by Gasteiger charge is 2.29. The zero-order chi connectivity index (χ0) is 28.8. The molecule has 1 heterocycles. The Morgan fingerprint density at radius 2 is 1.75 bits per heavy atom. The third-order valence-corrected chi connectivity index (χ3v) is 6.58. The number of hydrogen-bond donors (Lipinski definition) is 3. The second-order valence-electron chi connectivity index (χ2n) is 9.09. The molecule has 1 aliphatic rings. The number of anilines is 2. The van der Waals surface area contributed by atoms with Crippen LogP contribution in [-0.4, -0.2) is 51.8 Å². The molecule has 3 N–H and O–H groups in total. The lowest BCUT2D eigenvalue weighted by Crippen LogP contribution is -2.27. The average molecular weight is 549 g/mol. The number of benzene rings is 1. The lowest BCUT2D eigenvalue weighted by molar-refractivity contribution is -0.119. The van der Waals surface area contributed by atoms with Crippen molar-refractivity contribution in [3.63, 3.8) is 0 Å². The van der Waals surface area contributed by atoms with E-state index in [2.05, 4.69) is 20.9 Å². The van der Waals surface area contributed by atoms with E-state index in [4.69, 9.17) is 18.9 Å². The molecule has 1 aliphatic carbocycles. The van der Waals surface area contributed by atoms with Crippen LogP contribution in [0.1, 0.15) is 30.5 Å². The molecule has 0 spiro atoms. The topological polar surface area (TPSA) is 137 Å². The van der Waals surface area contributed by atoms with Crippen molar-refractivity contribution in [1.82, 2.24) is 10.3 Å². The van der Waals surface area contributed by atoms with Gasteiger partial charge in [0, 0.05) is 18.6 Å². The Morgan fingerprint density at radius 1 is 0.975 bits per heavy atom. The van der Waals surface area contributed by atoms with Crippen molar-refractivity contribution in [2.45, 2.75) is 25.8 Å². The summed E-state index contributed by atoms with van der Waals surface area (Å²) in [7, 11) is 6.13. The maximum absolute atomic E-state index is 13.4. The molecule has 1 aromatic heterocycles. The quantitative estimate of drug-likeness (QED) is 0.368. The standard InChI is InChI=1S/C29H32N4O7/c1-16(34)32-21-9-6-17-12-24(37-2)28(39-4)29(40-5)27(17)19-8-10-22(23(35)13-20(19)21)30-15-25(36)33-18-7-11-26(38-3)31-14-18/h7-8,10-14,21H,6,9,15H2,1-5H3,(H,30,35)(H,32,34)(H,33,36). The van der Waals surface area contributed by atoms with Gasteiger partial charge in [-0.15, -0.1) is 0 Å². The molecule has 0 fully saturated rings. The minimum atomic E-state index is -0.430. The highest BCUT2D eigenvalue weighted by atomic mass is 16.5. The zero-order valence-corrected chi connectivity index (χ0v) is 23.0. The summed E-state index contributed by atoms with van der Waals surface area (Å²) in [5, 5.41) is 8.63. The fourth-order valence-electron chi connectivity index (χ4n) is 4.81. The van der Waals surface area contributed by atoms with Crippen LogP contribution in [0.4, 0.5) is 11.4 Å². The number of aryl methyl sites for hydroxylation is 1. The summed E-state index contributed by atoms with van der Waals surface area (Å²) >= 11 is 0.